The number of aromatic nitrogens is 2. The Morgan fingerprint density at radius 2 is 1.79 bits per heavy atom. The third-order valence-electron chi connectivity index (χ3n) is 6.53. The van der Waals surface area contributed by atoms with E-state index < -0.39 is 5.60 Å². The van der Waals surface area contributed by atoms with E-state index in [1.54, 1.807) is 0 Å². The van der Waals surface area contributed by atoms with Gasteiger partial charge in [-0.1, -0.05) is 29.8 Å². The summed E-state index contributed by atoms with van der Waals surface area (Å²) >= 11 is 0. The van der Waals surface area contributed by atoms with Gasteiger partial charge in [0, 0.05) is 19.3 Å². The predicted octanol–water partition coefficient (Wildman–Crippen LogP) is 4.68. The molecule has 6 heteroatoms. The lowest BCUT2D eigenvalue weighted by Crippen LogP contribution is -2.37. The van der Waals surface area contributed by atoms with Crippen molar-refractivity contribution >= 4 is 0 Å². The van der Waals surface area contributed by atoms with Crippen molar-refractivity contribution in [2.24, 2.45) is 0 Å². The highest BCUT2D eigenvalue weighted by Gasteiger charge is 2.31. The molecule has 0 saturated carbocycles. The monoisotopic (exact) mass is 463 g/mol. The lowest BCUT2D eigenvalue weighted by atomic mass is 9.96. The van der Waals surface area contributed by atoms with Crippen molar-refractivity contribution in [1.29, 1.82) is 0 Å². The first-order valence-corrected chi connectivity index (χ1v) is 12.3. The second-order valence-electron chi connectivity index (χ2n) is 9.62. The van der Waals surface area contributed by atoms with Crippen LogP contribution in [0.5, 0.6) is 11.5 Å². The largest absolute Gasteiger partial charge is 0.492 e. The van der Waals surface area contributed by atoms with E-state index >= 15 is 0 Å². The van der Waals surface area contributed by atoms with Crippen LogP contribution in [0, 0.1) is 20.8 Å². The number of hydrogen-bond acceptors (Lipinski definition) is 5. The van der Waals surface area contributed by atoms with E-state index in [-0.39, 0.29) is 0 Å². The van der Waals surface area contributed by atoms with E-state index in [9.17, 15) is 5.11 Å². The zero-order chi connectivity index (χ0) is 24.0. The second-order valence-corrected chi connectivity index (χ2v) is 9.62. The molecule has 0 aliphatic carbocycles. The number of rotatable bonds is 9. The number of hydrogen-bond donors (Lipinski definition) is 1. The van der Waals surface area contributed by atoms with E-state index in [2.05, 4.69) is 48.1 Å². The van der Waals surface area contributed by atoms with Crippen LogP contribution in [0.4, 0.5) is 0 Å². The molecule has 2 heterocycles. The summed E-state index contributed by atoms with van der Waals surface area (Å²) in [5.41, 5.74) is 3.83. The molecule has 0 unspecified atom stereocenters. The smallest absolute Gasteiger partial charge is 0.122 e. The molecule has 0 bridgehead atoms. The minimum absolute atomic E-state index is 0.342. The fraction of sp³-hybridized carbons (Fsp3) is 0.464. The SMILES string of the molecule is Cc1ccc(OC[C@@]2(O)CCCN(Cc3ccc(OCCn4ccc(C)n4)cc3)CC2)c(C)c1. The maximum Gasteiger partial charge on any atom is 0.122 e. The van der Waals surface area contributed by atoms with Gasteiger partial charge < -0.3 is 14.6 Å². The molecule has 1 aliphatic heterocycles. The number of aryl methyl sites for hydroxylation is 3. The van der Waals surface area contributed by atoms with E-state index in [4.69, 9.17) is 9.47 Å². The standard InChI is InChI=1S/C28H37N3O3/c1-22-5-10-27(23(2)19-22)34-21-28(32)12-4-14-30(16-13-28)20-25-6-8-26(9-7-25)33-18-17-31-15-11-24(3)29-31/h5-11,15,19,32H,4,12-14,16-18,20-21H2,1-3H3/t28-/m1/s1. The molecule has 0 amide bonds. The van der Waals surface area contributed by atoms with Crippen LogP contribution < -0.4 is 9.47 Å². The molecule has 3 aromatic rings. The first-order chi connectivity index (χ1) is 16.4. The molecule has 1 saturated heterocycles. The Bertz CT molecular complexity index is 1060. The Labute approximate surface area is 203 Å². The summed E-state index contributed by atoms with van der Waals surface area (Å²) < 4.78 is 13.8. The minimum Gasteiger partial charge on any atom is -0.492 e. The molecule has 6 nitrogen and oxygen atoms in total. The van der Waals surface area contributed by atoms with Crippen molar-refractivity contribution in [3.8, 4) is 11.5 Å². The molecular formula is C28H37N3O3. The maximum absolute atomic E-state index is 11.2. The number of aliphatic hydroxyl groups is 1. The molecule has 1 aliphatic rings. The van der Waals surface area contributed by atoms with Gasteiger partial charge in [-0.3, -0.25) is 9.58 Å². The van der Waals surface area contributed by atoms with Crippen molar-refractivity contribution in [2.45, 2.75) is 58.7 Å². The van der Waals surface area contributed by atoms with Crippen molar-refractivity contribution in [1.82, 2.24) is 14.7 Å². The van der Waals surface area contributed by atoms with Crippen LogP contribution in [0.3, 0.4) is 0 Å². The van der Waals surface area contributed by atoms with Crippen LogP contribution in [0.2, 0.25) is 0 Å². The first kappa shape index (κ1) is 24.3. The predicted molar refractivity (Wildman–Crippen MR) is 134 cm³/mol. The highest BCUT2D eigenvalue weighted by atomic mass is 16.5. The van der Waals surface area contributed by atoms with Gasteiger partial charge in [-0.15, -0.1) is 0 Å². The van der Waals surface area contributed by atoms with E-state index in [1.807, 2.05) is 42.1 Å². The van der Waals surface area contributed by atoms with Crippen LogP contribution in [-0.4, -0.2) is 51.7 Å². The average molecular weight is 464 g/mol. The van der Waals surface area contributed by atoms with Gasteiger partial charge in [0.05, 0.1) is 17.8 Å². The normalized spacial score (nSPS) is 19.1. The van der Waals surface area contributed by atoms with E-state index in [1.165, 1.54) is 11.1 Å². The topological polar surface area (TPSA) is 59.8 Å². The van der Waals surface area contributed by atoms with Crippen LogP contribution in [0.15, 0.2) is 54.7 Å². The van der Waals surface area contributed by atoms with Crippen molar-refractivity contribution < 1.29 is 14.6 Å². The third kappa shape index (κ3) is 6.84. The first-order valence-electron chi connectivity index (χ1n) is 12.3. The highest BCUT2D eigenvalue weighted by molar-refractivity contribution is 5.35. The highest BCUT2D eigenvalue weighted by Crippen LogP contribution is 2.26. The molecule has 0 radical (unpaired) electrons. The summed E-state index contributed by atoms with van der Waals surface area (Å²) in [5, 5.41) is 15.5. The van der Waals surface area contributed by atoms with Gasteiger partial charge in [-0.25, -0.2) is 0 Å². The Morgan fingerprint density at radius 3 is 2.53 bits per heavy atom. The molecular weight excluding hydrogens is 426 g/mol. The lowest BCUT2D eigenvalue weighted by Gasteiger charge is -2.27. The van der Waals surface area contributed by atoms with Gasteiger partial charge in [-0.05, 0) is 82.0 Å². The van der Waals surface area contributed by atoms with Crippen LogP contribution in [0.25, 0.3) is 0 Å². The van der Waals surface area contributed by atoms with Crippen molar-refractivity contribution in [3.63, 3.8) is 0 Å². The molecule has 1 atom stereocenters. The quantitative estimate of drug-likeness (QED) is 0.499. The molecule has 4 rings (SSSR count). The molecule has 0 spiro atoms. The Balaban J connectivity index is 1.23. The van der Waals surface area contributed by atoms with E-state index in [0.717, 1.165) is 61.8 Å². The zero-order valence-electron chi connectivity index (χ0n) is 20.7. The van der Waals surface area contributed by atoms with Gasteiger partial charge in [0.2, 0.25) is 0 Å². The molecule has 2 aromatic carbocycles. The van der Waals surface area contributed by atoms with Crippen LogP contribution >= 0.6 is 0 Å². The van der Waals surface area contributed by atoms with Gasteiger partial charge in [0.25, 0.3) is 0 Å². The molecule has 1 aromatic heterocycles. The van der Waals surface area contributed by atoms with Crippen LogP contribution in [0.1, 0.15) is 41.6 Å². The number of benzene rings is 2. The summed E-state index contributed by atoms with van der Waals surface area (Å²) in [5.74, 6) is 1.74. The summed E-state index contributed by atoms with van der Waals surface area (Å²) in [7, 11) is 0. The average Bonchev–Trinajstić information content (AvgIpc) is 3.13. The van der Waals surface area contributed by atoms with Gasteiger partial charge >= 0.3 is 0 Å². The van der Waals surface area contributed by atoms with Crippen molar-refractivity contribution in [3.05, 3.63) is 77.1 Å². The van der Waals surface area contributed by atoms with Gasteiger partial charge in [-0.2, -0.15) is 5.10 Å². The number of nitrogens with zero attached hydrogens (tertiary/aromatic N) is 3. The number of ether oxygens (including phenoxy) is 2. The second kappa shape index (κ2) is 11.1. The summed E-state index contributed by atoms with van der Waals surface area (Å²) in [6, 6.07) is 16.5. The summed E-state index contributed by atoms with van der Waals surface area (Å²) in [6.07, 6.45) is 4.41. The Kier molecular flexibility index (Phi) is 7.91. The molecule has 34 heavy (non-hydrogen) atoms. The fourth-order valence-corrected chi connectivity index (χ4v) is 4.50. The minimum atomic E-state index is -0.781. The Hall–Kier alpha value is -2.83. The van der Waals surface area contributed by atoms with Crippen molar-refractivity contribution in [2.75, 3.05) is 26.3 Å². The maximum atomic E-state index is 11.2. The van der Waals surface area contributed by atoms with E-state index in [0.29, 0.717) is 19.6 Å². The molecule has 1 N–H and O–H groups in total. The Morgan fingerprint density at radius 1 is 0.971 bits per heavy atom. The zero-order valence-corrected chi connectivity index (χ0v) is 20.7. The third-order valence-corrected chi connectivity index (χ3v) is 6.53. The van der Waals surface area contributed by atoms with Crippen LogP contribution in [-0.2, 0) is 13.1 Å². The lowest BCUT2D eigenvalue weighted by molar-refractivity contribution is -0.0170. The molecule has 1 fully saturated rings. The van der Waals surface area contributed by atoms with Gasteiger partial charge in [0.1, 0.15) is 24.7 Å². The summed E-state index contributed by atoms with van der Waals surface area (Å²) in [6.45, 7) is 10.5. The summed E-state index contributed by atoms with van der Waals surface area (Å²) in [4.78, 5) is 2.42. The number of likely N-dealkylation sites (tertiary alicyclic amines) is 1. The van der Waals surface area contributed by atoms with Gasteiger partial charge in [0.15, 0.2) is 0 Å². The fourth-order valence-electron chi connectivity index (χ4n) is 4.50. The molecule has 182 valence electrons.